The van der Waals surface area contributed by atoms with Crippen LogP contribution >= 0.6 is 0 Å². The highest BCUT2D eigenvalue weighted by atomic mass is 16.5. The first-order chi connectivity index (χ1) is 10.6. The maximum atomic E-state index is 5.37. The van der Waals surface area contributed by atoms with Gasteiger partial charge in [-0.25, -0.2) is 4.98 Å². The second-order valence-corrected chi connectivity index (χ2v) is 6.19. The first-order valence-electron chi connectivity index (χ1n) is 8.23. The van der Waals surface area contributed by atoms with Gasteiger partial charge in [-0.3, -0.25) is 4.90 Å². The Morgan fingerprint density at radius 2 is 1.91 bits per heavy atom. The highest BCUT2D eigenvalue weighted by Gasteiger charge is 2.15. The first kappa shape index (κ1) is 17.0. The number of nitrogens with zero attached hydrogens (tertiary/aromatic N) is 4. The van der Waals surface area contributed by atoms with Crippen LogP contribution in [0.3, 0.4) is 0 Å². The van der Waals surface area contributed by atoms with Crippen molar-refractivity contribution in [1.82, 2.24) is 14.9 Å². The molecule has 0 radical (unpaired) electrons. The van der Waals surface area contributed by atoms with Crippen molar-refractivity contribution in [3.05, 3.63) is 12.3 Å². The van der Waals surface area contributed by atoms with Gasteiger partial charge in [0.25, 0.3) is 0 Å². The zero-order chi connectivity index (χ0) is 15.9. The summed E-state index contributed by atoms with van der Waals surface area (Å²) in [7, 11) is 0. The lowest BCUT2D eigenvalue weighted by Gasteiger charge is -2.30. The molecule has 1 saturated heterocycles. The smallest absolute Gasteiger partial charge is 0.227 e. The quantitative estimate of drug-likeness (QED) is 0.829. The predicted molar refractivity (Wildman–Crippen MR) is 90.5 cm³/mol. The Morgan fingerprint density at radius 1 is 1.23 bits per heavy atom. The molecule has 0 atom stereocenters. The lowest BCUT2D eigenvalue weighted by Crippen LogP contribution is -2.40. The summed E-state index contributed by atoms with van der Waals surface area (Å²) < 4.78 is 5.37. The molecule has 1 aliphatic heterocycles. The van der Waals surface area contributed by atoms with E-state index in [0.29, 0.717) is 12.1 Å². The molecular formula is C16H29N5O. The summed E-state index contributed by atoms with van der Waals surface area (Å²) in [5, 5.41) is 3.41. The highest BCUT2D eigenvalue weighted by molar-refractivity contribution is 5.41. The fraction of sp³-hybridized carbons (Fsp3) is 0.750. The first-order valence-corrected chi connectivity index (χ1v) is 8.23. The Balaban J connectivity index is 1.87. The third kappa shape index (κ3) is 4.81. The summed E-state index contributed by atoms with van der Waals surface area (Å²) in [6.07, 6.45) is 1.82. The normalized spacial score (nSPS) is 15.9. The zero-order valence-corrected chi connectivity index (χ0v) is 14.2. The van der Waals surface area contributed by atoms with Gasteiger partial charge in [0.1, 0.15) is 5.82 Å². The van der Waals surface area contributed by atoms with Crippen LogP contribution in [0.15, 0.2) is 12.3 Å². The minimum atomic E-state index is 0.552. The SMILES string of the molecule is CC(C)N(CCNc1ccnc(N2CCOCC2)n1)C(C)C. The molecule has 22 heavy (non-hydrogen) atoms. The van der Waals surface area contributed by atoms with Crippen molar-refractivity contribution in [2.45, 2.75) is 39.8 Å². The van der Waals surface area contributed by atoms with Crippen LogP contribution in [0, 0.1) is 0 Å². The van der Waals surface area contributed by atoms with Crippen molar-refractivity contribution in [2.24, 2.45) is 0 Å². The second kappa shape index (κ2) is 8.29. The Hall–Kier alpha value is -1.40. The maximum Gasteiger partial charge on any atom is 0.227 e. The van der Waals surface area contributed by atoms with Crippen molar-refractivity contribution in [3.63, 3.8) is 0 Å². The molecule has 0 saturated carbocycles. The van der Waals surface area contributed by atoms with Gasteiger partial charge in [0.05, 0.1) is 13.2 Å². The van der Waals surface area contributed by atoms with Gasteiger partial charge in [-0.05, 0) is 33.8 Å². The summed E-state index contributed by atoms with van der Waals surface area (Å²) in [6, 6.07) is 3.03. The van der Waals surface area contributed by atoms with E-state index < -0.39 is 0 Å². The van der Waals surface area contributed by atoms with E-state index in [1.807, 2.05) is 12.3 Å². The van der Waals surface area contributed by atoms with E-state index >= 15 is 0 Å². The van der Waals surface area contributed by atoms with Crippen molar-refractivity contribution in [1.29, 1.82) is 0 Å². The second-order valence-electron chi connectivity index (χ2n) is 6.19. The molecule has 0 amide bonds. The van der Waals surface area contributed by atoms with Crippen LogP contribution in [0.4, 0.5) is 11.8 Å². The molecule has 6 nitrogen and oxygen atoms in total. The van der Waals surface area contributed by atoms with Crippen LogP contribution in [0.2, 0.25) is 0 Å². The van der Waals surface area contributed by atoms with Crippen LogP contribution < -0.4 is 10.2 Å². The van der Waals surface area contributed by atoms with Crippen molar-refractivity contribution in [3.8, 4) is 0 Å². The van der Waals surface area contributed by atoms with Gasteiger partial charge >= 0.3 is 0 Å². The molecule has 1 fully saturated rings. The molecule has 0 unspecified atom stereocenters. The monoisotopic (exact) mass is 307 g/mol. The molecule has 0 aliphatic carbocycles. The van der Waals surface area contributed by atoms with E-state index in [-0.39, 0.29) is 0 Å². The maximum absolute atomic E-state index is 5.37. The number of hydrogen-bond acceptors (Lipinski definition) is 6. The lowest BCUT2D eigenvalue weighted by atomic mass is 10.2. The summed E-state index contributed by atoms with van der Waals surface area (Å²) in [5.41, 5.74) is 0. The third-order valence-electron chi connectivity index (χ3n) is 3.94. The van der Waals surface area contributed by atoms with E-state index in [4.69, 9.17) is 4.74 Å². The Morgan fingerprint density at radius 3 is 2.55 bits per heavy atom. The number of rotatable bonds is 7. The highest BCUT2D eigenvalue weighted by Crippen LogP contribution is 2.12. The van der Waals surface area contributed by atoms with Crippen LogP contribution in [0.1, 0.15) is 27.7 Å². The number of aromatic nitrogens is 2. The fourth-order valence-corrected chi connectivity index (χ4v) is 2.79. The van der Waals surface area contributed by atoms with Gasteiger partial charge in [0, 0.05) is 44.5 Å². The van der Waals surface area contributed by atoms with Crippen molar-refractivity contribution < 1.29 is 4.74 Å². The van der Waals surface area contributed by atoms with E-state index in [9.17, 15) is 0 Å². The molecule has 6 heteroatoms. The molecule has 0 aromatic carbocycles. The largest absolute Gasteiger partial charge is 0.378 e. The molecule has 2 heterocycles. The van der Waals surface area contributed by atoms with Crippen LogP contribution in [-0.2, 0) is 4.74 Å². The standard InChI is InChI=1S/C16H29N5O/c1-13(2)21(14(3)4)8-7-17-15-5-6-18-16(19-15)20-9-11-22-12-10-20/h5-6,13-14H,7-12H2,1-4H3,(H,17,18,19). The van der Waals surface area contributed by atoms with Gasteiger partial charge in [-0.15, -0.1) is 0 Å². The summed E-state index contributed by atoms with van der Waals surface area (Å²) in [5.74, 6) is 1.68. The molecule has 0 spiro atoms. The van der Waals surface area contributed by atoms with Crippen molar-refractivity contribution >= 4 is 11.8 Å². The summed E-state index contributed by atoms with van der Waals surface area (Å²) in [4.78, 5) is 13.6. The zero-order valence-electron chi connectivity index (χ0n) is 14.2. The minimum Gasteiger partial charge on any atom is -0.378 e. The molecule has 0 bridgehead atoms. The van der Waals surface area contributed by atoms with E-state index in [0.717, 1.165) is 51.2 Å². The summed E-state index contributed by atoms with van der Waals surface area (Å²) in [6.45, 7) is 14.1. The average molecular weight is 307 g/mol. The van der Waals surface area contributed by atoms with E-state index in [1.165, 1.54) is 0 Å². The van der Waals surface area contributed by atoms with Gasteiger partial charge in [-0.1, -0.05) is 0 Å². The van der Waals surface area contributed by atoms with Gasteiger partial charge in [0.2, 0.25) is 5.95 Å². The number of nitrogens with one attached hydrogen (secondary N) is 1. The topological polar surface area (TPSA) is 53.5 Å². The summed E-state index contributed by atoms with van der Waals surface area (Å²) >= 11 is 0. The number of hydrogen-bond donors (Lipinski definition) is 1. The third-order valence-corrected chi connectivity index (χ3v) is 3.94. The lowest BCUT2D eigenvalue weighted by molar-refractivity contribution is 0.122. The minimum absolute atomic E-state index is 0.552. The van der Waals surface area contributed by atoms with Gasteiger partial charge in [0.15, 0.2) is 0 Å². The molecule has 1 aromatic heterocycles. The fourth-order valence-electron chi connectivity index (χ4n) is 2.79. The molecular weight excluding hydrogens is 278 g/mol. The van der Waals surface area contributed by atoms with Crippen LogP contribution in [0.5, 0.6) is 0 Å². The predicted octanol–water partition coefficient (Wildman–Crippen LogP) is 1.84. The van der Waals surface area contributed by atoms with E-state index in [1.54, 1.807) is 0 Å². The average Bonchev–Trinajstić information content (AvgIpc) is 2.52. The number of morpholine rings is 1. The van der Waals surface area contributed by atoms with Crippen LogP contribution in [-0.4, -0.2) is 66.3 Å². The van der Waals surface area contributed by atoms with Gasteiger partial charge in [-0.2, -0.15) is 4.98 Å². The van der Waals surface area contributed by atoms with Crippen LogP contribution in [0.25, 0.3) is 0 Å². The van der Waals surface area contributed by atoms with Gasteiger partial charge < -0.3 is 15.0 Å². The van der Waals surface area contributed by atoms with E-state index in [2.05, 4.69) is 52.8 Å². The molecule has 124 valence electrons. The number of anilines is 2. The Labute approximate surface area is 133 Å². The molecule has 1 aliphatic rings. The van der Waals surface area contributed by atoms with Crippen molar-refractivity contribution in [2.75, 3.05) is 49.6 Å². The molecule has 2 rings (SSSR count). The number of ether oxygens (including phenoxy) is 1. The molecule has 1 aromatic rings. The Kier molecular flexibility index (Phi) is 6.39. The Bertz CT molecular complexity index is 438. The molecule has 1 N–H and O–H groups in total.